The average Bonchev–Trinajstić information content (AvgIpc) is 3.17. The molecule has 0 radical (unpaired) electrons. The van der Waals surface area contributed by atoms with Crippen molar-refractivity contribution in [1.82, 2.24) is 15.2 Å². The smallest absolute Gasteiger partial charge is 0.350 e. The number of rotatable bonds is 6. The Balaban J connectivity index is 1.85. The van der Waals surface area contributed by atoms with Crippen LogP contribution in [0.2, 0.25) is 5.02 Å². The first kappa shape index (κ1) is 20.5. The Hall–Kier alpha value is -3.27. The topological polar surface area (TPSA) is 121 Å². The number of hydrogen-bond donors (Lipinski definition) is 3. The molecule has 0 atom stereocenters. The van der Waals surface area contributed by atoms with E-state index in [9.17, 15) is 4.79 Å². The second-order valence-electron chi connectivity index (χ2n) is 6.14. The molecule has 1 aromatic heterocycles. The normalized spacial score (nSPS) is 10.5. The van der Waals surface area contributed by atoms with E-state index in [4.69, 9.17) is 32.8 Å². The predicted molar refractivity (Wildman–Crippen MR) is 110 cm³/mol. The second-order valence-corrected chi connectivity index (χ2v) is 6.55. The fourth-order valence-electron chi connectivity index (χ4n) is 2.75. The third-order valence-electron chi connectivity index (χ3n) is 4.19. The molecule has 0 fully saturated rings. The Labute approximate surface area is 172 Å². The van der Waals surface area contributed by atoms with Gasteiger partial charge in [0.2, 0.25) is 0 Å². The van der Waals surface area contributed by atoms with E-state index < -0.39 is 6.03 Å². The first-order chi connectivity index (χ1) is 13.9. The first-order valence-electron chi connectivity index (χ1n) is 8.60. The number of benzene rings is 2. The quantitative estimate of drug-likeness (QED) is 0.323. The molecule has 0 aliphatic rings. The fourth-order valence-corrected chi connectivity index (χ4v) is 2.98. The van der Waals surface area contributed by atoms with E-state index in [1.807, 2.05) is 24.6 Å². The molecule has 2 aromatic carbocycles. The monoisotopic (exact) mass is 416 g/mol. The Kier molecular flexibility index (Phi) is 6.23. The molecule has 0 aliphatic carbocycles. The van der Waals surface area contributed by atoms with Crippen molar-refractivity contribution in [3.8, 4) is 17.2 Å². The zero-order valence-electron chi connectivity index (χ0n) is 15.9. The van der Waals surface area contributed by atoms with Gasteiger partial charge in [0.15, 0.2) is 0 Å². The molecule has 9 nitrogen and oxygen atoms in total. The van der Waals surface area contributed by atoms with Gasteiger partial charge in [0, 0.05) is 6.20 Å². The van der Waals surface area contributed by atoms with Crippen LogP contribution >= 0.6 is 11.6 Å². The number of nitrogens with one attached hydrogen (secondary N) is 1. The number of urea groups is 1. The second kappa shape index (κ2) is 8.82. The van der Waals surface area contributed by atoms with Gasteiger partial charge < -0.3 is 9.47 Å². The van der Waals surface area contributed by atoms with Crippen LogP contribution in [0.1, 0.15) is 11.1 Å². The van der Waals surface area contributed by atoms with Crippen molar-refractivity contribution in [2.45, 2.75) is 13.5 Å². The molecule has 3 aromatic rings. The Morgan fingerprint density at radius 2 is 2.10 bits per heavy atom. The van der Waals surface area contributed by atoms with Crippen LogP contribution in [0.3, 0.4) is 0 Å². The minimum absolute atomic E-state index is 0.0604. The third kappa shape index (κ3) is 4.43. The lowest BCUT2D eigenvalue weighted by atomic mass is 10.1. The summed E-state index contributed by atoms with van der Waals surface area (Å²) in [5, 5.41) is 5.56. The van der Waals surface area contributed by atoms with Crippen LogP contribution in [0.25, 0.3) is 5.69 Å². The molecule has 5 N–H and O–H groups in total. The largest absolute Gasteiger partial charge is 0.496 e. The molecule has 0 bridgehead atoms. The number of aryl methyl sites for hydroxylation is 1. The summed E-state index contributed by atoms with van der Waals surface area (Å²) in [5.41, 5.74) is 4.77. The highest BCUT2D eigenvalue weighted by atomic mass is 35.5. The predicted octanol–water partition coefficient (Wildman–Crippen LogP) is 2.69. The van der Waals surface area contributed by atoms with Crippen molar-refractivity contribution >= 4 is 23.3 Å². The molecule has 29 heavy (non-hydrogen) atoms. The Bertz CT molecular complexity index is 1020. The number of aromatic nitrogens is 2. The lowest BCUT2D eigenvalue weighted by Gasteiger charge is -2.21. The molecule has 0 saturated carbocycles. The SMILES string of the molecule is COc1cccc(N(N)C(=O)NN)c1COc1ccc(-n2cc(C)cn2)cc1Cl. The first-order valence-corrected chi connectivity index (χ1v) is 8.97. The minimum atomic E-state index is -0.684. The minimum Gasteiger partial charge on any atom is -0.496 e. The fraction of sp³-hybridized carbons (Fsp3) is 0.158. The summed E-state index contributed by atoms with van der Waals surface area (Å²) in [4.78, 5) is 11.8. The van der Waals surface area contributed by atoms with Crippen LogP contribution in [-0.4, -0.2) is 22.9 Å². The molecular weight excluding hydrogens is 396 g/mol. The molecular formula is C19H21ClN6O3. The van der Waals surface area contributed by atoms with Crippen molar-refractivity contribution < 1.29 is 14.3 Å². The van der Waals surface area contributed by atoms with E-state index in [0.29, 0.717) is 27.8 Å². The van der Waals surface area contributed by atoms with Gasteiger partial charge in [-0.2, -0.15) is 5.10 Å². The van der Waals surface area contributed by atoms with Crippen LogP contribution in [0.15, 0.2) is 48.8 Å². The number of carbonyl (C=O) groups is 1. The van der Waals surface area contributed by atoms with Crippen LogP contribution in [0.4, 0.5) is 10.5 Å². The number of carbonyl (C=O) groups excluding carboxylic acids is 1. The van der Waals surface area contributed by atoms with Crippen LogP contribution < -0.4 is 31.6 Å². The number of ether oxygens (including phenoxy) is 2. The van der Waals surface area contributed by atoms with Gasteiger partial charge in [-0.1, -0.05) is 17.7 Å². The van der Waals surface area contributed by atoms with Crippen molar-refractivity contribution in [3.63, 3.8) is 0 Å². The summed E-state index contributed by atoms with van der Waals surface area (Å²) >= 11 is 6.39. The van der Waals surface area contributed by atoms with E-state index in [2.05, 4.69) is 5.10 Å². The number of nitrogens with two attached hydrogens (primary N) is 2. The summed E-state index contributed by atoms with van der Waals surface area (Å²) in [5.74, 6) is 12.0. The summed E-state index contributed by atoms with van der Waals surface area (Å²) < 4.78 is 13.0. The van der Waals surface area contributed by atoms with E-state index in [-0.39, 0.29) is 6.61 Å². The van der Waals surface area contributed by atoms with Crippen molar-refractivity contribution in [3.05, 3.63) is 64.9 Å². The maximum absolute atomic E-state index is 11.8. The van der Waals surface area contributed by atoms with E-state index in [1.165, 1.54) is 7.11 Å². The Morgan fingerprint density at radius 1 is 1.31 bits per heavy atom. The number of amides is 2. The van der Waals surface area contributed by atoms with Crippen LogP contribution in [0, 0.1) is 6.92 Å². The van der Waals surface area contributed by atoms with Gasteiger partial charge in [-0.15, -0.1) is 0 Å². The molecule has 0 aliphatic heterocycles. The maximum atomic E-state index is 11.8. The lowest BCUT2D eigenvalue weighted by molar-refractivity contribution is 0.246. The zero-order chi connectivity index (χ0) is 21.0. The number of hydrazine groups is 2. The van der Waals surface area contributed by atoms with Gasteiger partial charge in [-0.05, 0) is 42.8 Å². The van der Waals surface area contributed by atoms with Gasteiger partial charge in [0.25, 0.3) is 0 Å². The lowest BCUT2D eigenvalue weighted by Crippen LogP contribution is -2.48. The molecule has 2 amide bonds. The molecule has 0 unspecified atom stereocenters. The van der Waals surface area contributed by atoms with Crippen molar-refractivity contribution in [1.29, 1.82) is 0 Å². The van der Waals surface area contributed by atoms with Gasteiger partial charge in [-0.25, -0.2) is 26.2 Å². The Morgan fingerprint density at radius 3 is 2.72 bits per heavy atom. The molecule has 1 heterocycles. The summed E-state index contributed by atoms with van der Waals surface area (Å²) in [6.45, 7) is 2.02. The van der Waals surface area contributed by atoms with E-state index in [1.54, 1.807) is 41.2 Å². The maximum Gasteiger partial charge on any atom is 0.350 e. The van der Waals surface area contributed by atoms with Gasteiger partial charge >= 0.3 is 6.03 Å². The summed E-state index contributed by atoms with van der Waals surface area (Å²) in [6.07, 6.45) is 3.66. The number of nitrogens with zero attached hydrogens (tertiary/aromatic N) is 3. The molecule has 3 rings (SSSR count). The van der Waals surface area contributed by atoms with Crippen molar-refractivity contribution in [2.75, 3.05) is 12.1 Å². The van der Waals surface area contributed by atoms with Crippen LogP contribution in [0.5, 0.6) is 11.5 Å². The molecule has 0 spiro atoms. The number of hydrogen-bond acceptors (Lipinski definition) is 6. The molecule has 10 heteroatoms. The third-order valence-corrected chi connectivity index (χ3v) is 4.49. The summed E-state index contributed by atoms with van der Waals surface area (Å²) in [6, 6.07) is 9.75. The summed E-state index contributed by atoms with van der Waals surface area (Å²) in [7, 11) is 1.51. The van der Waals surface area contributed by atoms with E-state index in [0.717, 1.165) is 16.3 Å². The number of methoxy groups -OCH3 is 1. The highest BCUT2D eigenvalue weighted by molar-refractivity contribution is 6.32. The van der Waals surface area contributed by atoms with Gasteiger partial charge in [0.05, 0.1) is 35.3 Å². The number of anilines is 1. The highest BCUT2D eigenvalue weighted by Gasteiger charge is 2.19. The highest BCUT2D eigenvalue weighted by Crippen LogP contribution is 2.32. The van der Waals surface area contributed by atoms with E-state index >= 15 is 0 Å². The molecule has 152 valence electrons. The van der Waals surface area contributed by atoms with Gasteiger partial charge in [0.1, 0.15) is 18.1 Å². The molecule has 0 saturated heterocycles. The number of halogens is 1. The zero-order valence-corrected chi connectivity index (χ0v) is 16.7. The standard InChI is InChI=1S/C19H21ClN6O3/c1-12-9-23-25(10-12)13-6-7-18(15(20)8-13)29-11-14-16(26(22)19(27)24-21)4-3-5-17(14)28-2/h3-10H,11,21-22H2,1-2H3,(H,24,27). The van der Waals surface area contributed by atoms with Crippen LogP contribution in [-0.2, 0) is 6.61 Å². The van der Waals surface area contributed by atoms with Crippen molar-refractivity contribution in [2.24, 2.45) is 11.7 Å². The average molecular weight is 417 g/mol. The van der Waals surface area contributed by atoms with Gasteiger partial charge in [-0.3, -0.25) is 5.43 Å².